The third kappa shape index (κ3) is 4.68. The fourth-order valence-corrected chi connectivity index (χ4v) is 2.79. The minimum Gasteiger partial charge on any atom is -0.496 e. The standard InChI is InChI=1S/C15H23N3O3/c1-17(11-13-5-3-4-6-16-13)10-12-7-14(18(19)20)9-15(8-12)21-2/h7-9,13,16H,3-6,10-11H2,1-2H3. The minimum absolute atomic E-state index is 0.0774. The first kappa shape index (κ1) is 15.7. The highest BCUT2D eigenvalue weighted by Gasteiger charge is 2.16. The fourth-order valence-electron chi connectivity index (χ4n) is 2.79. The van der Waals surface area contributed by atoms with Crippen molar-refractivity contribution in [2.24, 2.45) is 0 Å². The maximum Gasteiger partial charge on any atom is 0.273 e. The second-order valence-corrected chi connectivity index (χ2v) is 5.64. The highest BCUT2D eigenvalue weighted by atomic mass is 16.6. The van der Waals surface area contributed by atoms with Crippen molar-refractivity contribution in [2.45, 2.75) is 31.8 Å². The molecule has 1 heterocycles. The number of hydrogen-bond acceptors (Lipinski definition) is 5. The van der Waals surface area contributed by atoms with Crippen LogP contribution in [-0.4, -0.2) is 43.1 Å². The molecule has 6 nitrogen and oxygen atoms in total. The monoisotopic (exact) mass is 293 g/mol. The van der Waals surface area contributed by atoms with Crippen LogP contribution in [0, 0.1) is 10.1 Å². The highest BCUT2D eigenvalue weighted by Crippen LogP contribution is 2.23. The van der Waals surface area contributed by atoms with Crippen LogP contribution in [0.3, 0.4) is 0 Å². The number of hydrogen-bond donors (Lipinski definition) is 1. The van der Waals surface area contributed by atoms with E-state index in [0.29, 0.717) is 18.3 Å². The van der Waals surface area contributed by atoms with E-state index >= 15 is 0 Å². The van der Waals surface area contributed by atoms with Gasteiger partial charge < -0.3 is 15.0 Å². The molecule has 21 heavy (non-hydrogen) atoms. The van der Waals surface area contributed by atoms with Crippen LogP contribution in [-0.2, 0) is 6.54 Å². The maximum absolute atomic E-state index is 11.0. The summed E-state index contributed by atoms with van der Waals surface area (Å²) >= 11 is 0. The first-order valence-electron chi connectivity index (χ1n) is 7.33. The molecule has 6 heteroatoms. The van der Waals surface area contributed by atoms with Crippen LogP contribution in [0.15, 0.2) is 18.2 Å². The number of likely N-dealkylation sites (N-methyl/N-ethyl adjacent to an activating group) is 1. The summed E-state index contributed by atoms with van der Waals surface area (Å²) in [5.41, 5.74) is 0.980. The van der Waals surface area contributed by atoms with E-state index < -0.39 is 0 Å². The number of nitro benzene ring substituents is 1. The summed E-state index contributed by atoms with van der Waals surface area (Å²) in [6.45, 7) is 2.71. The minimum atomic E-state index is -0.380. The Labute approximate surface area is 125 Å². The van der Waals surface area contributed by atoms with Crippen molar-refractivity contribution >= 4 is 5.69 Å². The zero-order chi connectivity index (χ0) is 15.2. The SMILES string of the molecule is COc1cc(CN(C)CC2CCCCN2)cc([N+](=O)[O-])c1. The van der Waals surface area contributed by atoms with Crippen LogP contribution in [0.25, 0.3) is 0 Å². The van der Waals surface area contributed by atoms with E-state index in [2.05, 4.69) is 10.2 Å². The quantitative estimate of drug-likeness (QED) is 0.643. The van der Waals surface area contributed by atoms with Gasteiger partial charge in [-0.3, -0.25) is 10.1 Å². The first-order chi connectivity index (χ1) is 10.1. The Hall–Kier alpha value is -1.66. The van der Waals surface area contributed by atoms with Gasteiger partial charge in [-0.25, -0.2) is 0 Å². The number of ether oxygens (including phenoxy) is 1. The molecule has 2 rings (SSSR count). The molecule has 116 valence electrons. The summed E-state index contributed by atoms with van der Waals surface area (Å²) in [6.07, 6.45) is 3.72. The Morgan fingerprint density at radius 2 is 2.24 bits per heavy atom. The van der Waals surface area contributed by atoms with Gasteiger partial charge in [0.1, 0.15) is 5.75 Å². The Balaban J connectivity index is 2.00. The normalized spacial score (nSPS) is 18.7. The molecule has 0 amide bonds. The molecule has 1 fully saturated rings. The number of benzene rings is 1. The Morgan fingerprint density at radius 3 is 2.86 bits per heavy atom. The summed E-state index contributed by atoms with van der Waals surface area (Å²) in [7, 11) is 3.57. The lowest BCUT2D eigenvalue weighted by Gasteiger charge is -2.28. The maximum atomic E-state index is 11.0. The van der Waals surface area contributed by atoms with Crippen molar-refractivity contribution < 1.29 is 9.66 Å². The Morgan fingerprint density at radius 1 is 1.43 bits per heavy atom. The highest BCUT2D eigenvalue weighted by molar-refractivity contribution is 5.42. The molecule has 0 aliphatic carbocycles. The zero-order valence-electron chi connectivity index (χ0n) is 12.7. The Kier molecular flexibility index (Phi) is 5.52. The average Bonchev–Trinajstić information content (AvgIpc) is 2.47. The lowest BCUT2D eigenvalue weighted by atomic mass is 10.0. The van der Waals surface area contributed by atoms with Gasteiger partial charge in [0, 0.05) is 25.2 Å². The third-order valence-electron chi connectivity index (χ3n) is 3.79. The summed E-state index contributed by atoms with van der Waals surface area (Å²) in [6, 6.07) is 5.45. The molecule has 1 aromatic carbocycles. The molecule has 0 bridgehead atoms. The largest absolute Gasteiger partial charge is 0.496 e. The van der Waals surface area contributed by atoms with E-state index in [1.54, 1.807) is 6.07 Å². The average molecular weight is 293 g/mol. The van der Waals surface area contributed by atoms with Crippen molar-refractivity contribution in [1.82, 2.24) is 10.2 Å². The molecule has 0 radical (unpaired) electrons. The van der Waals surface area contributed by atoms with Gasteiger partial charge >= 0.3 is 0 Å². The zero-order valence-corrected chi connectivity index (χ0v) is 12.7. The molecule has 1 aliphatic rings. The van der Waals surface area contributed by atoms with Gasteiger partial charge in [0.15, 0.2) is 0 Å². The molecular weight excluding hydrogens is 270 g/mol. The van der Waals surface area contributed by atoms with Gasteiger partial charge in [0.2, 0.25) is 0 Å². The molecule has 0 saturated carbocycles. The number of non-ortho nitro benzene ring substituents is 1. The number of methoxy groups -OCH3 is 1. The van der Waals surface area contributed by atoms with Crippen LogP contribution in [0.4, 0.5) is 5.69 Å². The van der Waals surface area contributed by atoms with Gasteiger partial charge in [-0.15, -0.1) is 0 Å². The van der Waals surface area contributed by atoms with E-state index in [-0.39, 0.29) is 10.6 Å². The lowest BCUT2D eigenvalue weighted by Crippen LogP contribution is -2.42. The smallest absolute Gasteiger partial charge is 0.273 e. The molecule has 0 aromatic heterocycles. The van der Waals surface area contributed by atoms with Crippen molar-refractivity contribution in [3.8, 4) is 5.75 Å². The van der Waals surface area contributed by atoms with Crippen molar-refractivity contribution in [2.75, 3.05) is 27.2 Å². The summed E-state index contributed by atoms with van der Waals surface area (Å²) in [5, 5.41) is 14.5. The van der Waals surface area contributed by atoms with E-state index in [9.17, 15) is 10.1 Å². The van der Waals surface area contributed by atoms with Crippen LogP contribution < -0.4 is 10.1 Å². The second-order valence-electron chi connectivity index (χ2n) is 5.64. The van der Waals surface area contributed by atoms with Crippen molar-refractivity contribution in [3.05, 3.63) is 33.9 Å². The van der Waals surface area contributed by atoms with Crippen LogP contribution in [0.1, 0.15) is 24.8 Å². The van der Waals surface area contributed by atoms with Crippen molar-refractivity contribution in [1.29, 1.82) is 0 Å². The topological polar surface area (TPSA) is 67.6 Å². The lowest BCUT2D eigenvalue weighted by molar-refractivity contribution is -0.385. The Bertz CT molecular complexity index is 487. The van der Waals surface area contributed by atoms with Crippen LogP contribution in [0.2, 0.25) is 0 Å². The summed E-state index contributed by atoms with van der Waals surface area (Å²) in [5.74, 6) is 0.531. The van der Waals surface area contributed by atoms with Gasteiger partial charge in [0.25, 0.3) is 5.69 Å². The molecule has 1 atom stereocenters. The fraction of sp³-hybridized carbons (Fsp3) is 0.600. The molecule has 1 saturated heterocycles. The molecule has 1 aliphatic heterocycles. The molecular formula is C15H23N3O3. The van der Waals surface area contributed by atoms with E-state index in [4.69, 9.17) is 4.74 Å². The first-order valence-corrected chi connectivity index (χ1v) is 7.33. The van der Waals surface area contributed by atoms with Crippen LogP contribution >= 0.6 is 0 Å². The number of nitrogens with zero attached hydrogens (tertiary/aromatic N) is 2. The van der Waals surface area contributed by atoms with E-state index in [0.717, 1.165) is 18.7 Å². The predicted molar refractivity (Wildman–Crippen MR) is 81.6 cm³/mol. The molecule has 0 spiro atoms. The van der Waals surface area contributed by atoms with Crippen LogP contribution in [0.5, 0.6) is 5.75 Å². The van der Waals surface area contributed by atoms with Gasteiger partial charge in [-0.2, -0.15) is 0 Å². The number of rotatable bonds is 6. The summed E-state index contributed by atoms with van der Waals surface area (Å²) in [4.78, 5) is 12.8. The number of piperidine rings is 1. The third-order valence-corrected chi connectivity index (χ3v) is 3.79. The van der Waals surface area contributed by atoms with Crippen molar-refractivity contribution in [3.63, 3.8) is 0 Å². The van der Waals surface area contributed by atoms with Gasteiger partial charge in [-0.1, -0.05) is 6.42 Å². The molecule has 1 aromatic rings. The van der Waals surface area contributed by atoms with Gasteiger partial charge in [-0.05, 0) is 38.1 Å². The molecule has 1 N–H and O–H groups in total. The number of nitro groups is 1. The summed E-state index contributed by atoms with van der Waals surface area (Å²) < 4.78 is 5.14. The molecule has 1 unspecified atom stereocenters. The van der Waals surface area contributed by atoms with Gasteiger partial charge in [0.05, 0.1) is 18.1 Å². The van der Waals surface area contributed by atoms with E-state index in [1.165, 1.54) is 32.4 Å². The predicted octanol–water partition coefficient (Wildman–Crippen LogP) is 2.18. The second kappa shape index (κ2) is 7.38. The number of nitrogens with one attached hydrogen (secondary N) is 1. The van der Waals surface area contributed by atoms with E-state index in [1.807, 2.05) is 13.1 Å².